The Hall–Kier alpha value is -5.58. The first kappa shape index (κ1) is 28.0. The number of carbonyl (C=O) groups excluding carboxylic acids is 1. The van der Waals surface area contributed by atoms with Gasteiger partial charge in [-0.2, -0.15) is 0 Å². The highest BCUT2D eigenvalue weighted by molar-refractivity contribution is 6.01. The molecule has 0 spiro atoms. The summed E-state index contributed by atoms with van der Waals surface area (Å²) in [7, 11) is 0. The molecule has 5 rings (SSSR count). The van der Waals surface area contributed by atoms with Crippen molar-refractivity contribution >= 4 is 34.7 Å². The van der Waals surface area contributed by atoms with Gasteiger partial charge in [-0.05, 0) is 66.9 Å². The number of imidazole rings is 1. The fourth-order valence-electron chi connectivity index (χ4n) is 4.82. The van der Waals surface area contributed by atoms with Crippen LogP contribution in [0.2, 0.25) is 0 Å². The van der Waals surface area contributed by atoms with Crippen LogP contribution in [0.25, 0.3) is 16.9 Å². The number of halogens is 1. The third-order valence-corrected chi connectivity index (χ3v) is 6.90. The number of non-ortho nitro benzene ring substituents is 1. The third-order valence-electron chi connectivity index (χ3n) is 6.90. The van der Waals surface area contributed by atoms with Gasteiger partial charge in [0.05, 0.1) is 22.9 Å². The van der Waals surface area contributed by atoms with E-state index < -0.39 is 35.1 Å². The zero-order chi connectivity index (χ0) is 30.0. The number of nitrogens with zero attached hydrogens (tertiary/aromatic N) is 3. The Morgan fingerprint density at radius 3 is 2.38 bits per heavy atom. The molecule has 1 atom stereocenters. The topological polar surface area (TPSA) is 139 Å². The number of carboxylic acids is 1. The minimum Gasteiger partial charge on any atom is -0.481 e. The SMILES string of the molecule is Cc1cccc(C)c1Nc1c(-c2ccc(F)cc2)nc2c(C(=O)NC(CC(=O)O)c3cccc([N+](=O)[O-])c3)cccn12. The zero-order valence-corrected chi connectivity index (χ0v) is 22.7. The molecule has 0 saturated carbocycles. The van der Waals surface area contributed by atoms with E-state index >= 15 is 0 Å². The number of nitro benzene ring substituents is 1. The van der Waals surface area contributed by atoms with Crippen molar-refractivity contribution in [2.24, 2.45) is 0 Å². The number of carboxylic acid groups (broad SMARTS) is 1. The van der Waals surface area contributed by atoms with Crippen molar-refractivity contribution in [3.63, 3.8) is 0 Å². The number of pyridine rings is 1. The fourth-order valence-corrected chi connectivity index (χ4v) is 4.82. The Labute approximate surface area is 239 Å². The average molecular weight is 568 g/mol. The maximum Gasteiger partial charge on any atom is 0.305 e. The molecule has 0 saturated heterocycles. The second kappa shape index (κ2) is 11.5. The third kappa shape index (κ3) is 5.66. The summed E-state index contributed by atoms with van der Waals surface area (Å²) in [5.41, 5.74) is 4.38. The molecule has 0 radical (unpaired) electrons. The number of anilines is 2. The van der Waals surface area contributed by atoms with Crippen LogP contribution in [0.1, 0.15) is 39.5 Å². The number of nitrogens with one attached hydrogen (secondary N) is 2. The number of aromatic nitrogens is 2. The van der Waals surface area contributed by atoms with Gasteiger partial charge in [-0.3, -0.25) is 24.1 Å². The lowest BCUT2D eigenvalue weighted by atomic mass is 10.0. The number of fused-ring (bicyclic) bond motifs is 1. The van der Waals surface area contributed by atoms with Crippen LogP contribution in [0.3, 0.4) is 0 Å². The predicted molar refractivity (Wildman–Crippen MR) is 155 cm³/mol. The van der Waals surface area contributed by atoms with Gasteiger partial charge in [-0.25, -0.2) is 9.37 Å². The molecule has 42 heavy (non-hydrogen) atoms. The van der Waals surface area contributed by atoms with Gasteiger partial charge in [0.15, 0.2) is 5.65 Å². The molecule has 2 aromatic heterocycles. The summed E-state index contributed by atoms with van der Waals surface area (Å²) in [5, 5.41) is 27.0. The van der Waals surface area contributed by atoms with E-state index in [1.165, 1.54) is 36.4 Å². The van der Waals surface area contributed by atoms with Crippen molar-refractivity contribution in [1.29, 1.82) is 0 Å². The van der Waals surface area contributed by atoms with Crippen molar-refractivity contribution < 1.29 is 24.0 Å². The molecular weight excluding hydrogens is 541 g/mol. The van der Waals surface area contributed by atoms with E-state index in [1.54, 1.807) is 34.9 Å². The van der Waals surface area contributed by atoms with Crippen LogP contribution in [-0.4, -0.2) is 31.3 Å². The monoisotopic (exact) mass is 567 g/mol. The highest BCUT2D eigenvalue weighted by Gasteiger charge is 2.25. The van der Waals surface area contributed by atoms with Gasteiger partial charge in [0.2, 0.25) is 0 Å². The molecule has 10 nitrogen and oxygen atoms in total. The van der Waals surface area contributed by atoms with Crippen molar-refractivity contribution in [1.82, 2.24) is 14.7 Å². The first-order valence-electron chi connectivity index (χ1n) is 13.0. The summed E-state index contributed by atoms with van der Waals surface area (Å²) in [6.07, 6.45) is 1.24. The summed E-state index contributed by atoms with van der Waals surface area (Å²) in [5.74, 6) is -1.67. The zero-order valence-electron chi connectivity index (χ0n) is 22.7. The second-order valence-corrected chi connectivity index (χ2v) is 9.80. The standard InChI is InChI=1S/C31H26FN5O5/c1-18-6-3-7-19(2)27(18)34-30-28(20-11-13-22(32)14-12-20)35-29-24(10-5-15-36(29)30)31(40)33-25(17-26(38)39)21-8-4-9-23(16-21)37(41)42/h3-16,25,34H,17H2,1-2H3,(H,33,40)(H,38,39). The van der Waals surface area contributed by atoms with Gasteiger partial charge in [-0.15, -0.1) is 0 Å². The molecule has 5 aromatic rings. The van der Waals surface area contributed by atoms with Gasteiger partial charge >= 0.3 is 5.97 Å². The van der Waals surface area contributed by atoms with Crippen LogP contribution in [0.15, 0.2) is 85.1 Å². The van der Waals surface area contributed by atoms with Crippen LogP contribution in [-0.2, 0) is 4.79 Å². The first-order chi connectivity index (χ1) is 20.1. The summed E-state index contributed by atoms with van der Waals surface area (Å²) in [4.78, 5) is 40.8. The number of hydrogen-bond donors (Lipinski definition) is 3. The summed E-state index contributed by atoms with van der Waals surface area (Å²) in [6, 6.07) is 19.4. The van der Waals surface area contributed by atoms with E-state index in [2.05, 4.69) is 10.6 Å². The maximum atomic E-state index is 13.8. The summed E-state index contributed by atoms with van der Waals surface area (Å²) >= 11 is 0. The number of amides is 1. The Morgan fingerprint density at radius 2 is 1.71 bits per heavy atom. The van der Waals surface area contributed by atoms with E-state index in [-0.39, 0.29) is 22.5 Å². The van der Waals surface area contributed by atoms with Gasteiger partial charge in [-0.1, -0.05) is 30.3 Å². The van der Waals surface area contributed by atoms with Gasteiger partial charge in [0, 0.05) is 29.6 Å². The normalized spacial score (nSPS) is 11.7. The molecule has 0 fully saturated rings. The van der Waals surface area contributed by atoms with Crippen molar-refractivity contribution in [3.8, 4) is 11.3 Å². The molecule has 11 heteroatoms. The van der Waals surface area contributed by atoms with Gasteiger partial charge in [0.25, 0.3) is 11.6 Å². The second-order valence-electron chi connectivity index (χ2n) is 9.80. The molecule has 0 aliphatic rings. The van der Waals surface area contributed by atoms with E-state index in [9.17, 15) is 29.2 Å². The Balaban J connectivity index is 1.61. The molecule has 0 aliphatic carbocycles. The van der Waals surface area contributed by atoms with Crippen molar-refractivity contribution in [3.05, 3.63) is 123 Å². The van der Waals surface area contributed by atoms with Crippen LogP contribution < -0.4 is 10.6 Å². The molecule has 0 aliphatic heterocycles. The smallest absolute Gasteiger partial charge is 0.305 e. The number of carbonyl (C=O) groups is 2. The maximum absolute atomic E-state index is 13.8. The molecule has 1 unspecified atom stereocenters. The average Bonchev–Trinajstić information content (AvgIpc) is 3.33. The van der Waals surface area contributed by atoms with E-state index in [0.29, 0.717) is 17.1 Å². The molecule has 3 aromatic carbocycles. The first-order valence-corrected chi connectivity index (χ1v) is 13.0. The van der Waals surface area contributed by atoms with E-state index in [1.807, 2.05) is 32.0 Å². The van der Waals surface area contributed by atoms with Gasteiger partial charge < -0.3 is 15.7 Å². The number of para-hydroxylation sites is 1. The lowest BCUT2D eigenvalue weighted by Crippen LogP contribution is -2.30. The molecule has 2 heterocycles. The Bertz CT molecular complexity index is 1810. The number of aliphatic carboxylic acids is 1. The number of aryl methyl sites for hydroxylation is 2. The predicted octanol–water partition coefficient (Wildman–Crippen LogP) is 6.35. The fraction of sp³-hybridized carbons (Fsp3) is 0.129. The summed E-state index contributed by atoms with van der Waals surface area (Å²) in [6.45, 7) is 3.93. The van der Waals surface area contributed by atoms with Crippen LogP contribution >= 0.6 is 0 Å². The highest BCUT2D eigenvalue weighted by Crippen LogP contribution is 2.34. The van der Waals surface area contributed by atoms with Crippen LogP contribution in [0.4, 0.5) is 21.6 Å². The minimum atomic E-state index is -1.19. The molecular formula is C31H26FN5O5. The lowest BCUT2D eigenvalue weighted by Gasteiger charge is -2.18. The molecule has 1 amide bonds. The lowest BCUT2D eigenvalue weighted by molar-refractivity contribution is -0.384. The summed E-state index contributed by atoms with van der Waals surface area (Å²) < 4.78 is 15.5. The van der Waals surface area contributed by atoms with Gasteiger partial charge in [0.1, 0.15) is 17.3 Å². The van der Waals surface area contributed by atoms with Crippen LogP contribution in [0.5, 0.6) is 0 Å². The highest BCUT2D eigenvalue weighted by atomic mass is 19.1. The Kier molecular flexibility index (Phi) is 7.65. The Morgan fingerprint density at radius 1 is 1.02 bits per heavy atom. The minimum absolute atomic E-state index is 0.149. The van der Waals surface area contributed by atoms with Crippen molar-refractivity contribution in [2.45, 2.75) is 26.3 Å². The largest absolute Gasteiger partial charge is 0.481 e. The number of benzene rings is 3. The number of hydrogen-bond acceptors (Lipinski definition) is 6. The quantitative estimate of drug-likeness (QED) is 0.139. The van der Waals surface area contributed by atoms with E-state index in [4.69, 9.17) is 4.98 Å². The number of nitro groups is 1. The van der Waals surface area contributed by atoms with E-state index in [0.717, 1.165) is 16.8 Å². The van der Waals surface area contributed by atoms with Crippen LogP contribution in [0, 0.1) is 29.8 Å². The number of rotatable bonds is 9. The molecule has 0 bridgehead atoms. The molecule has 212 valence electrons. The van der Waals surface area contributed by atoms with Crippen molar-refractivity contribution in [2.75, 3.05) is 5.32 Å². The molecule has 3 N–H and O–H groups in total.